The van der Waals surface area contributed by atoms with Gasteiger partial charge in [0.1, 0.15) is 5.75 Å². The highest BCUT2D eigenvalue weighted by molar-refractivity contribution is 5.99. The Kier molecular flexibility index (Phi) is 1.69. The van der Waals surface area contributed by atoms with Gasteiger partial charge in [-0.05, 0) is 6.07 Å². The van der Waals surface area contributed by atoms with Gasteiger partial charge in [-0.15, -0.1) is 0 Å². The number of rotatable bonds is 1. The van der Waals surface area contributed by atoms with Crippen molar-refractivity contribution in [1.82, 2.24) is 0 Å². The summed E-state index contributed by atoms with van der Waals surface area (Å²) in [6.45, 7) is 0. The first-order valence-electron chi connectivity index (χ1n) is 2.44. The zero-order chi connectivity index (χ0) is 5.82. The second kappa shape index (κ2) is 2.52. The lowest BCUT2D eigenvalue weighted by Crippen LogP contribution is -1.82. The molecule has 0 aliphatic heterocycles. The minimum atomic E-state index is 0.745. The van der Waals surface area contributed by atoms with Crippen LogP contribution in [0.1, 0.15) is 0 Å². The normalized spacial score (nSPS) is 9.00. The second-order valence-corrected chi connectivity index (χ2v) is 1.84. The van der Waals surface area contributed by atoms with Crippen molar-refractivity contribution in [3.05, 3.63) is 30.3 Å². The first-order valence-corrected chi connectivity index (χ1v) is 3.26. The fourth-order valence-corrected chi connectivity index (χ4v) is 0.758. The van der Waals surface area contributed by atoms with E-state index in [1.54, 1.807) is 0 Å². The molecule has 0 bridgehead atoms. The van der Waals surface area contributed by atoms with Gasteiger partial charge in [-0.1, -0.05) is 18.2 Å². The highest BCUT2D eigenvalue weighted by Gasteiger charge is 1.80. The van der Waals surface area contributed by atoms with Crippen LogP contribution in [-0.4, -0.2) is 10.5 Å². The van der Waals surface area contributed by atoms with Gasteiger partial charge in [-0.3, -0.25) is 0 Å². The molecule has 0 fully saturated rings. The number of hydrogen-bond donors (Lipinski definition) is 0. The molecule has 1 rings (SSSR count). The van der Waals surface area contributed by atoms with E-state index in [1.165, 1.54) is 0 Å². The smallest absolute Gasteiger partial charge is 0.204 e. The van der Waals surface area contributed by atoms with Crippen LogP contribution in [0, 0.1) is 6.07 Å². The van der Waals surface area contributed by atoms with Gasteiger partial charge in [0.2, 0.25) is 10.5 Å². The summed E-state index contributed by atoms with van der Waals surface area (Å²) < 4.78 is 5.00. The van der Waals surface area contributed by atoms with Gasteiger partial charge in [0.25, 0.3) is 0 Å². The van der Waals surface area contributed by atoms with E-state index in [2.05, 4.69) is 6.07 Å². The third-order valence-corrected chi connectivity index (χ3v) is 1.34. The van der Waals surface area contributed by atoms with Crippen molar-refractivity contribution in [3.63, 3.8) is 0 Å². The minimum Gasteiger partial charge on any atom is -0.553 e. The molecule has 41 valence electrons. The van der Waals surface area contributed by atoms with E-state index in [9.17, 15) is 0 Å². The van der Waals surface area contributed by atoms with E-state index >= 15 is 0 Å². The molecule has 0 unspecified atom stereocenters. The molecule has 0 atom stereocenters. The van der Waals surface area contributed by atoms with Crippen LogP contribution in [0.25, 0.3) is 0 Å². The van der Waals surface area contributed by atoms with Crippen molar-refractivity contribution < 1.29 is 4.43 Å². The molecular formula is C6H7OSi. The maximum absolute atomic E-state index is 5.00. The predicted molar refractivity (Wildman–Crippen MR) is 35.8 cm³/mol. The molecule has 0 saturated carbocycles. The van der Waals surface area contributed by atoms with Crippen LogP contribution in [0.5, 0.6) is 5.75 Å². The maximum Gasteiger partial charge on any atom is 0.204 e. The van der Waals surface area contributed by atoms with Crippen molar-refractivity contribution in [3.8, 4) is 5.75 Å². The van der Waals surface area contributed by atoms with E-state index in [4.69, 9.17) is 4.43 Å². The summed E-state index contributed by atoms with van der Waals surface area (Å²) in [5, 5.41) is 0. The van der Waals surface area contributed by atoms with E-state index in [0.717, 1.165) is 16.2 Å². The molecule has 1 aromatic rings. The van der Waals surface area contributed by atoms with E-state index in [1.807, 2.05) is 24.3 Å². The zero-order valence-electron chi connectivity index (χ0n) is 4.72. The Morgan fingerprint density at radius 1 is 1.50 bits per heavy atom. The fourth-order valence-electron chi connectivity index (χ4n) is 0.504. The molecule has 2 heteroatoms. The molecule has 0 aliphatic rings. The molecule has 1 aromatic carbocycles. The van der Waals surface area contributed by atoms with Gasteiger partial charge in [-0.25, -0.2) is 0 Å². The Hall–Kier alpha value is -0.763. The molecule has 8 heavy (non-hydrogen) atoms. The highest BCUT2D eigenvalue weighted by atomic mass is 28.2. The van der Waals surface area contributed by atoms with E-state index < -0.39 is 0 Å². The number of benzene rings is 1. The van der Waals surface area contributed by atoms with Crippen LogP contribution in [0.4, 0.5) is 0 Å². The summed E-state index contributed by atoms with van der Waals surface area (Å²) in [4.78, 5) is 0. The molecule has 0 N–H and O–H groups in total. The highest BCUT2D eigenvalue weighted by Crippen LogP contribution is 2.04. The van der Waals surface area contributed by atoms with Gasteiger partial charge in [0.15, 0.2) is 0 Å². The lowest BCUT2D eigenvalue weighted by atomic mass is 10.3. The van der Waals surface area contributed by atoms with Gasteiger partial charge < -0.3 is 4.43 Å². The Morgan fingerprint density at radius 3 is 2.75 bits per heavy atom. The Morgan fingerprint density at radius 2 is 2.38 bits per heavy atom. The van der Waals surface area contributed by atoms with Crippen LogP contribution >= 0.6 is 0 Å². The molecule has 0 aromatic heterocycles. The monoisotopic (exact) mass is 123 g/mol. The average Bonchev–Trinajstić information content (AvgIpc) is 1.90. The summed E-state index contributed by atoms with van der Waals surface area (Å²) in [5.74, 6) is 0.846. The van der Waals surface area contributed by atoms with Crippen molar-refractivity contribution in [2.75, 3.05) is 0 Å². The van der Waals surface area contributed by atoms with Crippen LogP contribution in [0.2, 0.25) is 0 Å². The first-order chi connectivity index (χ1) is 3.93. The quantitative estimate of drug-likeness (QED) is 0.483. The molecular weight excluding hydrogens is 116 g/mol. The SMILES string of the molecule is [SiH3]Oc1[c]cccc1. The zero-order valence-corrected chi connectivity index (χ0v) is 6.72. The standard InChI is InChI=1S/C6H7OSi/c8-7-6-4-2-1-3-5-6/h1-4H,8H3. The summed E-state index contributed by atoms with van der Waals surface area (Å²) in [7, 11) is 0.745. The summed E-state index contributed by atoms with van der Waals surface area (Å²) in [5.41, 5.74) is 0. The van der Waals surface area contributed by atoms with Gasteiger partial charge >= 0.3 is 0 Å². The largest absolute Gasteiger partial charge is 0.553 e. The van der Waals surface area contributed by atoms with Gasteiger partial charge in [-0.2, -0.15) is 0 Å². The summed E-state index contributed by atoms with van der Waals surface area (Å²) in [6.07, 6.45) is 0. The van der Waals surface area contributed by atoms with E-state index in [0.29, 0.717) is 0 Å². The molecule has 0 heterocycles. The summed E-state index contributed by atoms with van der Waals surface area (Å²) >= 11 is 0. The van der Waals surface area contributed by atoms with Gasteiger partial charge in [0.05, 0.1) is 0 Å². The molecule has 1 nitrogen and oxygen atoms in total. The topological polar surface area (TPSA) is 9.23 Å². The Bertz CT molecular complexity index is 150. The van der Waals surface area contributed by atoms with Crippen molar-refractivity contribution in [2.24, 2.45) is 0 Å². The van der Waals surface area contributed by atoms with Crippen molar-refractivity contribution in [2.45, 2.75) is 0 Å². The van der Waals surface area contributed by atoms with Crippen molar-refractivity contribution >= 4 is 10.5 Å². The van der Waals surface area contributed by atoms with E-state index in [-0.39, 0.29) is 0 Å². The molecule has 0 aliphatic carbocycles. The molecule has 0 spiro atoms. The lowest BCUT2D eigenvalue weighted by molar-refractivity contribution is 0.615. The van der Waals surface area contributed by atoms with Crippen LogP contribution in [0.3, 0.4) is 0 Å². The third-order valence-electron chi connectivity index (χ3n) is 0.900. The lowest BCUT2D eigenvalue weighted by Gasteiger charge is -1.94. The Balaban J connectivity index is 2.83. The number of hydrogen-bond acceptors (Lipinski definition) is 1. The van der Waals surface area contributed by atoms with Crippen LogP contribution in [-0.2, 0) is 0 Å². The third kappa shape index (κ3) is 1.10. The number of para-hydroxylation sites is 1. The molecule has 1 radical (unpaired) electrons. The van der Waals surface area contributed by atoms with Crippen molar-refractivity contribution in [1.29, 1.82) is 0 Å². The maximum atomic E-state index is 5.00. The second-order valence-electron chi connectivity index (χ2n) is 1.43. The minimum absolute atomic E-state index is 0.745. The Labute approximate surface area is 51.8 Å². The van der Waals surface area contributed by atoms with Crippen LogP contribution < -0.4 is 4.43 Å². The van der Waals surface area contributed by atoms with Gasteiger partial charge in [0, 0.05) is 6.07 Å². The summed E-state index contributed by atoms with van der Waals surface area (Å²) in [6, 6.07) is 10.5. The fraction of sp³-hybridized carbons (Fsp3) is 0. The van der Waals surface area contributed by atoms with Crippen LogP contribution in [0.15, 0.2) is 24.3 Å². The molecule has 0 amide bonds. The predicted octanol–water partition coefficient (Wildman–Crippen LogP) is 0.146. The average molecular weight is 123 g/mol. The molecule has 0 saturated heterocycles. The first kappa shape index (κ1) is 5.38.